The fraction of sp³-hybridized carbons (Fsp3) is 0.350. The molecule has 0 radical (unpaired) electrons. The number of carbonyl (C=O) groups is 2. The molecule has 7 heteroatoms. The second-order valence-electron chi connectivity index (χ2n) is 5.88. The van der Waals surface area contributed by atoms with E-state index in [9.17, 15) is 9.59 Å². The Kier molecular flexibility index (Phi) is 8.09. The van der Waals surface area contributed by atoms with Crippen molar-refractivity contribution in [2.45, 2.75) is 19.9 Å². The summed E-state index contributed by atoms with van der Waals surface area (Å²) in [5.74, 6) is 1.24. The van der Waals surface area contributed by atoms with E-state index in [1.54, 1.807) is 18.2 Å². The molecule has 0 aliphatic heterocycles. The molecule has 0 saturated carbocycles. The van der Waals surface area contributed by atoms with Crippen LogP contribution in [0.2, 0.25) is 0 Å². The van der Waals surface area contributed by atoms with Crippen LogP contribution < -0.4 is 14.8 Å². The highest BCUT2D eigenvalue weighted by Gasteiger charge is 2.11. The highest BCUT2D eigenvalue weighted by Crippen LogP contribution is 2.16. The van der Waals surface area contributed by atoms with Crippen LogP contribution in [0.5, 0.6) is 11.5 Å². The molecule has 0 atom stereocenters. The van der Waals surface area contributed by atoms with Crippen molar-refractivity contribution in [3.63, 3.8) is 0 Å². The van der Waals surface area contributed by atoms with E-state index in [0.29, 0.717) is 32.0 Å². The van der Waals surface area contributed by atoms with Crippen LogP contribution in [-0.2, 0) is 16.1 Å². The normalized spacial score (nSPS) is 10.1. The van der Waals surface area contributed by atoms with Crippen molar-refractivity contribution in [3.05, 3.63) is 54.4 Å². The molecule has 2 rings (SSSR count). The van der Waals surface area contributed by atoms with Crippen molar-refractivity contribution in [1.82, 2.24) is 15.2 Å². The zero-order chi connectivity index (χ0) is 19.5. The Balaban J connectivity index is 1.70. The lowest BCUT2D eigenvalue weighted by molar-refractivity contribution is -0.130. The second kappa shape index (κ2) is 10.8. The molecule has 0 fully saturated rings. The molecule has 0 aliphatic carbocycles. The van der Waals surface area contributed by atoms with E-state index in [0.717, 1.165) is 11.4 Å². The number of benzene rings is 1. The topological polar surface area (TPSA) is 80.8 Å². The maximum atomic E-state index is 12.0. The average molecular weight is 371 g/mol. The van der Waals surface area contributed by atoms with E-state index >= 15 is 0 Å². The predicted octanol–water partition coefficient (Wildman–Crippen LogP) is 2.02. The van der Waals surface area contributed by atoms with Crippen molar-refractivity contribution in [2.75, 3.05) is 26.8 Å². The highest BCUT2D eigenvalue weighted by atomic mass is 16.5. The minimum Gasteiger partial charge on any atom is -0.497 e. The minimum absolute atomic E-state index is 0.0918. The van der Waals surface area contributed by atoms with Crippen LogP contribution in [0.3, 0.4) is 0 Å². The lowest BCUT2D eigenvalue weighted by Crippen LogP contribution is -2.36. The molecule has 27 heavy (non-hydrogen) atoms. The SMILES string of the molecule is COc1ccc(OCCN(CCC(=O)NCc2ccccn2)C(C)=O)cc1. The van der Waals surface area contributed by atoms with E-state index in [4.69, 9.17) is 9.47 Å². The Morgan fingerprint density at radius 1 is 1.07 bits per heavy atom. The van der Waals surface area contributed by atoms with Crippen molar-refractivity contribution in [2.24, 2.45) is 0 Å². The number of ether oxygens (including phenoxy) is 2. The van der Waals surface area contributed by atoms with Gasteiger partial charge in [-0.15, -0.1) is 0 Å². The highest BCUT2D eigenvalue weighted by molar-refractivity contribution is 5.77. The van der Waals surface area contributed by atoms with Crippen LogP contribution in [0.25, 0.3) is 0 Å². The smallest absolute Gasteiger partial charge is 0.222 e. The number of rotatable bonds is 10. The van der Waals surface area contributed by atoms with Crippen LogP contribution in [0.4, 0.5) is 0 Å². The van der Waals surface area contributed by atoms with Crippen LogP contribution in [0, 0.1) is 0 Å². The van der Waals surface area contributed by atoms with Gasteiger partial charge < -0.3 is 19.7 Å². The summed E-state index contributed by atoms with van der Waals surface area (Å²) < 4.78 is 10.7. The Hall–Kier alpha value is -3.09. The standard InChI is InChI=1S/C20H25N3O4/c1-16(24)23(13-14-27-19-8-6-18(26-2)7-9-19)12-10-20(25)22-15-17-5-3-4-11-21-17/h3-9,11H,10,12-15H2,1-2H3,(H,22,25). The minimum atomic E-state index is -0.122. The van der Waals surface area contributed by atoms with E-state index < -0.39 is 0 Å². The Morgan fingerprint density at radius 3 is 2.44 bits per heavy atom. The summed E-state index contributed by atoms with van der Waals surface area (Å²) >= 11 is 0. The molecule has 1 aromatic heterocycles. The monoisotopic (exact) mass is 371 g/mol. The van der Waals surface area contributed by atoms with Crippen LogP contribution in [-0.4, -0.2) is 48.5 Å². The lowest BCUT2D eigenvalue weighted by Gasteiger charge is -2.21. The third kappa shape index (κ3) is 7.35. The first-order chi connectivity index (χ1) is 13.1. The van der Waals surface area contributed by atoms with E-state index in [1.165, 1.54) is 6.92 Å². The Labute approximate surface area is 159 Å². The van der Waals surface area contributed by atoms with E-state index in [-0.39, 0.29) is 18.2 Å². The maximum Gasteiger partial charge on any atom is 0.222 e. The van der Waals surface area contributed by atoms with Crippen molar-refractivity contribution < 1.29 is 19.1 Å². The molecule has 1 aromatic carbocycles. The fourth-order valence-corrected chi connectivity index (χ4v) is 2.39. The lowest BCUT2D eigenvalue weighted by atomic mass is 10.3. The maximum absolute atomic E-state index is 12.0. The zero-order valence-corrected chi connectivity index (χ0v) is 15.7. The number of nitrogens with zero attached hydrogens (tertiary/aromatic N) is 2. The fourth-order valence-electron chi connectivity index (χ4n) is 2.39. The van der Waals surface area contributed by atoms with Gasteiger partial charge in [0.25, 0.3) is 0 Å². The molecule has 0 spiro atoms. The summed E-state index contributed by atoms with van der Waals surface area (Å²) in [4.78, 5) is 29.5. The summed E-state index contributed by atoms with van der Waals surface area (Å²) in [7, 11) is 1.60. The predicted molar refractivity (Wildman–Crippen MR) is 101 cm³/mol. The van der Waals surface area contributed by atoms with Gasteiger partial charge in [0.1, 0.15) is 18.1 Å². The first kappa shape index (κ1) is 20.2. The van der Waals surface area contributed by atoms with Crippen molar-refractivity contribution in [3.8, 4) is 11.5 Å². The van der Waals surface area contributed by atoms with Crippen LogP contribution >= 0.6 is 0 Å². The largest absolute Gasteiger partial charge is 0.497 e. The Morgan fingerprint density at radius 2 is 1.81 bits per heavy atom. The summed E-state index contributed by atoms with van der Waals surface area (Å²) in [5.41, 5.74) is 0.794. The quantitative estimate of drug-likeness (QED) is 0.691. The number of pyridine rings is 1. The molecule has 0 aliphatic rings. The molecule has 7 nitrogen and oxygen atoms in total. The molecule has 0 unspecified atom stereocenters. The van der Waals surface area contributed by atoms with Crippen LogP contribution in [0.1, 0.15) is 19.0 Å². The number of hydrogen-bond donors (Lipinski definition) is 1. The molecule has 2 amide bonds. The van der Waals surface area contributed by atoms with Gasteiger partial charge in [-0.05, 0) is 36.4 Å². The molecule has 1 heterocycles. The Bertz CT molecular complexity index is 720. The van der Waals surface area contributed by atoms with Gasteiger partial charge in [-0.1, -0.05) is 6.07 Å². The number of amides is 2. The van der Waals surface area contributed by atoms with E-state index in [1.807, 2.05) is 42.5 Å². The molecular formula is C20H25N3O4. The van der Waals surface area contributed by atoms with Gasteiger partial charge in [0.05, 0.1) is 25.9 Å². The van der Waals surface area contributed by atoms with Crippen molar-refractivity contribution >= 4 is 11.8 Å². The number of methoxy groups -OCH3 is 1. The van der Waals surface area contributed by atoms with Gasteiger partial charge in [0.2, 0.25) is 11.8 Å². The van der Waals surface area contributed by atoms with Gasteiger partial charge in [-0.2, -0.15) is 0 Å². The number of carbonyl (C=O) groups excluding carboxylic acids is 2. The molecular weight excluding hydrogens is 346 g/mol. The molecule has 0 bridgehead atoms. The van der Waals surface area contributed by atoms with Gasteiger partial charge in [-0.3, -0.25) is 14.6 Å². The van der Waals surface area contributed by atoms with Gasteiger partial charge >= 0.3 is 0 Å². The third-order valence-electron chi connectivity index (χ3n) is 3.94. The van der Waals surface area contributed by atoms with Crippen LogP contribution in [0.15, 0.2) is 48.7 Å². The van der Waals surface area contributed by atoms with E-state index in [2.05, 4.69) is 10.3 Å². The first-order valence-electron chi connectivity index (χ1n) is 8.77. The molecule has 0 saturated heterocycles. The van der Waals surface area contributed by atoms with Gasteiger partial charge in [-0.25, -0.2) is 0 Å². The zero-order valence-electron chi connectivity index (χ0n) is 15.7. The average Bonchev–Trinajstić information content (AvgIpc) is 2.70. The number of aromatic nitrogens is 1. The summed E-state index contributed by atoms with van der Waals surface area (Å²) in [5, 5.41) is 2.80. The number of hydrogen-bond acceptors (Lipinski definition) is 5. The summed E-state index contributed by atoms with van der Waals surface area (Å²) in [6, 6.07) is 12.8. The first-order valence-corrected chi connectivity index (χ1v) is 8.77. The molecule has 2 aromatic rings. The third-order valence-corrected chi connectivity index (χ3v) is 3.94. The summed E-state index contributed by atoms with van der Waals surface area (Å²) in [6.45, 7) is 2.96. The summed E-state index contributed by atoms with van der Waals surface area (Å²) in [6.07, 6.45) is 1.91. The van der Waals surface area contributed by atoms with Gasteiger partial charge in [0, 0.05) is 26.1 Å². The number of nitrogens with one attached hydrogen (secondary N) is 1. The molecule has 144 valence electrons. The molecule has 1 N–H and O–H groups in total. The van der Waals surface area contributed by atoms with Gasteiger partial charge in [0.15, 0.2) is 0 Å². The van der Waals surface area contributed by atoms with Crippen molar-refractivity contribution in [1.29, 1.82) is 0 Å². The second-order valence-corrected chi connectivity index (χ2v) is 5.88.